The minimum Gasteiger partial charge on any atom is -0.365 e. The van der Waals surface area contributed by atoms with Gasteiger partial charge in [0.15, 0.2) is 0 Å². The lowest BCUT2D eigenvalue weighted by Crippen LogP contribution is -2.24. The van der Waals surface area contributed by atoms with E-state index in [0.29, 0.717) is 0 Å². The van der Waals surface area contributed by atoms with Crippen LogP contribution in [0, 0.1) is 6.54 Å². The molecule has 1 unspecified atom stereocenters. The van der Waals surface area contributed by atoms with E-state index in [9.17, 15) is 0 Å². The lowest BCUT2D eigenvalue weighted by molar-refractivity contribution is 0.806. The van der Waals surface area contributed by atoms with Crippen molar-refractivity contribution in [3.8, 4) is 0 Å². The normalized spacial score (nSPS) is 29.3. The Bertz CT molecular complexity index is 202. The third-order valence-corrected chi connectivity index (χ3v) is 1.27. The van der Waals surface area contributed by atoms with Crippen LogP contribution >= 0.6 is 0 Å². The molecule has 0 amide bonds. The predicted octanol–water partition coefficient (Wildman–Crippen LogP) is -0.00641. The zero-order valence-corrected chi connectivity index (χ0v) is 4.70. The Kier molecular flexibility index (Phi) is 0.886. The first-order valence-corrected chi connectivity index (χ1v) is 2.74. The molecule has 3 heteroatoms. The van der Waals surface area contributed by atoms with Crippen molar-refractivity contribution in [2.24, 2.45) is 9.98 Å². The van der Waals surface area contributed by atoms with Crippen molar-refractivity contribution >= 4 is 12.6 Å². The zero-order chi connectivity index (χ0) is 6.10. The number of aliphatic imine (C=N–C) groups is 2. The average Bonchev–Trinajstić information content (AvgIpc) is 2.33. The van der Waals surface area contributed by atoms with Crippen LogP contribution in [0.5, 0.6) is 0 Å². The first-order chi connectivity index (χ1) is 4.47. The van der Waals surface area contributed by atoms with Gasteiger partial charge in [0.05, 0.1) is 18.1 Å². The molecule has 0 aliphatic carbocycles. The summed E-state index contributed by atoms with van der Waals surface area (Å²) in [6.45, 7) is 2.85. The molecular formula is C6H5N3. The first-order valence-electron chi connectivity index (χ1n) is 2.74. The van der Waals surface area contributed by atoms with E-state index in [4.69, 9.17) is 0 Å². The molecule has 2 heterocycles. The highest BCUT2D eigenvalue weighted by Gasteiger charge is 2.18. The third-order valence-electron chi connectivity index (χ3n) is 1.27. The van der Waals surface area contributed by atoms with Gasteiger partial charge in [0.25, 0.3) is 0 Å². The summed E-state index contributed by atoms with van der Waals surface area (Å²) in [5, 5.41) is 2.97. The molecule has 0 fully saturated rings. The van der Waals surface area contributed by atoms with Crippen LogP contribution in [0.15, 0.2) is 21.8 Å². The number of rotatable bonds is 0. The Balaban J connectivity index is 2.31. The van der Waals surface area contributed by atoms with Gasteiger partial charge in [-0.15, -0.1) is 0 Å². The molecular weight excluding hydrogens is 114 g/mol. The molecule has 2 aliphatic rings. The summed E-state index contributed by atoms with van der Waals surface area (Å²) < 4.78 is 0. The molecule has 0 saturated heterocycles. The first kappa shape index (κ1) is 4.73. The highest BCUT2D eigenvalue weighted by Crippen LogP contribution is 2.13. The van der Waals surface area contributed by atoms with Gasteiger partial charge in [-0.1, -0.05) is 0 Å². The Morgan fingerprint density at radius 1 is 1.67 bits per heavy atom. The second-order valence-electron chi connectivity index (χ2n) is 1.86. The smallest absolute Gasteiger partial charge is 0.146 e. The third kappa shape index (κ3) is 0.650. The van der Waals surface area contributed by atoms with Gasteiger partial charge in [0.2, 0.25) is 0 Å². The number of nitrogens with zero attached hydrogens (tertiary/aromatic N) is 2. The van der Waals surface area contributed by atoms with Crippen molar-refractivity contribution in [3.63, 3.8) is 0 Å². The molecule has 1 N–H and O–H groups in total. The standard InChI is InChI=1S/C6H5N3/c1-2-7-3-6-5(1)8-4-9-6/h1-2,4,6H,(H,8,9). The summed E-state index contributed by atoms with van der Waals surface area (Å²) in [7, 11) is 0. The molecule has 44 valence electrons. The van der Waals surface area contributed by atoms with Crippen LogP contribution in [-0.4, -0.2) is 18.6 Å². The van der Waals surface area contributed by atoms with Gasteiger partial charge >= 0.3 is 0 Å². The number of fused-ring (bicyclic) bond motifs is 1. The number of allylic oxidation sites excluding steroid dienone is 1. The maximum absolute atomic E-state index is 4.03. The molecule has 2 rings (SSSR count). The largest absolute Gasteiger partial charge is 0.365 e. The molecule has 0 bridgehead atoms. The molecule has 0 spiro atoms. The fourth-order valence-corrected chi connectivity index (χ4v) is 0.820. The van der Waals surface area contributed by atoms with Gasteiger partial charge in [-0.2, -0.15) is 0 Å². The Morgan fingerprint density at radius 2 is 2.67 bits per heavy atom. The lowest BCUT2D eigenvalue weighted by atomic mass is 10.2. The molecule has 0 saturated carbocycles. The fraction of sp³-hybridized carbons (Fsp3) is 0.167. The van der Waals surface area contributed by atoms with Crippen molar-refractivity contribution in [2.45, 2.75) is 6.04 Å². The zero-order valence-electron chi connectivity index (χ0n) is 4.70. The summed E-state index contributed by atoms with van der Waals surface area (Å²) in [4.78, 5) is 7.85. The number of dihydropyridines is 1. The molecule has 0 aromatic carbocycles. The van der Waals surface area contributed by atoms with Crippen molar-refractivity contribution < 1.29 is 0 Å². The minimum atomic E-state index is 0.106. The van der Waals surface area contributed by atoms with E-state index in [1.165, 1.54) is 0 Å². The Hall–Kier alpha value is -1.12. The van der Waals surface area contributed by atoms with E-state index < -0.39 is 0 Å². The fourth-order valence-electron chi connectivity index (χ4n) is 0.820. The Labute approximate surface area is 53.2 Å². The SMILES string of the molecule is [C]1N=CC=C2N=CNC12. The molecule has 1 atom stereocenters. The van der Waals surface area contributed by atoms with Crippen LogP contribution in [-0.2, 0) is 0 Å². The van der Waals surface area contributed by atoms with Gasteiger partial charge < -0.3 is 5.32 Å². The molecule has 3 nitrogen and oxygen atoms in total. The summed E-state index contributed by atoms with van der Waals surface area (Å²) in [6.07, 6.45) is 5.23. The van der Waals surface area contributed by atoms with E-state index in [2.05, 4.69) is 21.8 Å². The lowest BCUT2D eigenvalue weighted by Gasteiger charge is -2.08. The molecule has 0 aromatic rings. The van der Waals surface area contributed by atoms with E-state index in [1.807, 2.05) is 6.08 Å². The number of nitrogens with one attached hydrogen (secondary N) is 1. The van der Waals surface area contributed by atoms with Crippen LogP contribution in [0.2, 0.25) is 0 Å². The predicted molar refractivity (Wildman–Crippen MR) is 35.2 cm³/mol. The van der Waals surface area contributed by atoms with Crippen LogP contribution < -0.4 is 5.32 Å². The summed E-state index contributed by atoms with van der Waals surface area (Å²) >= 11 is 0. The van der Waals surface area contributed by atoms with Gasteiger partial charge in [-0.25, -0.2) is 4.99 Å². The monoisotopic (exact) mass is 119 g/mol. The topological polar surface area (TPSA) is 36.8 Å². The molecule has 0 aromatic heterocycles. The molecule has 2 radical (unpaired) electrons. The highest BCUT2D eigenvalue weighted by molar-refractivity contribution is 5.77. The summed E-state index contributed by atoms with van der Waals surface area (Å²) in [5.74, 6) is 0. The summed E-state index contributed by atoms with van der Waals surface area (Å²) in [6, 6.07) is 0.106. The quantitative estimate of drug-likeness (QED) is 0.478. The Morgan fingerprint density at radius 3 is 3.56 bits per heavy atom. The van der Waals surface area contributed by atoms with E-state index >= 15 is 0 Å². The molecule has 2 aliphatic heterocycles. The van der Waals surface area contributed by atoms with E-state index in [1.54, 1.807) is 12.6 Å². The van der Waals surface area contributed by atoms with Crippen LogP contribution in [0.1, 0.15) is 0 Å². The van der Waals surface area contributed by atoms with Gasteiger partial charge in [0, 0.05) is 6.21 Å². The van der Waals surface area contributed by atoms with Crippen LogP contribution in [0.4, 0.5) is 0 Å². The van der Waals surface area contributed by atoms with Gasteiger partial charge in [-0.3, -0.25) is 4.99 Å². The maximum Gasteiger partial charge on any atom is 0.146 e. The van der Waals surface area contributed by atoms with Crippen molar-refractivity contribution in [1.82, 2.24) is 5.32 Å². The van der Waals surface area contributed by atoms with E-state index in [-0.39, 0.29) is 6.04 Å². The van der Waals surface area contributed by atoms with Crippen LogP contribution in [0.25, 0.3) is 0 Å². The van der Waals surface area contributed by atoms with Crippen molar-refractivity contribution in [3.05, 3.63) is 18.3 Å². The highest BCUT2D eigenvalue weighted by atomic mass is 15.1. The van der Waals surface area contributed by atoms with Crippen LogP contribution in [0.3, 0.4) is 0 Å². The number of hydrogen-bond donors (Lipinski definition) is 1. The summed E-state index contributed by atoms with van der Waals surface area (Å²) in [5.41, 5.74) is 0.991. The van der Waals surface area contributed by atoms with Crippen molar-refractivity contribution in [1.29, 1.82) is 0 Å². The molecule has 9 heavy (non-hydrogen) atoms. The maximum atomic E-state index is 4.03. The minimum absolute atomic E-state index is 0.106. The second kappa shape index (κ2) is 1.69. The number of hydrogen-bond acceptors (Lipinski definition) is 3. The van der Waals surface area contributed by atoms with Gasteiger partial charge in [0.1, 0.15) is 6.54 Å². The van der Waals surface area contributed by atoms with Gasteiger partial charge in [-0.05, 0) is 6.08 Å². The second-order valence-corrected chi connectivity index (χ2v) is 1.86. The average molecular weight is 119 g/mol. The van der Waals surface area contributed by atoms with Crippen molar-refractivity contribution in [2.75, 3.05) is 0 Å². The van der Waals surface area contributed by atoms with E-state index in [0.717, 1.165) is 5.70 Å².